The van der Waals surface area contributed by atoms with Gasteiger partial charge in [-0.1, -0.05) is 0 Å². The summed E-state index contributed by atoms with van der Waals surface area (Å²) in [5.74, 6) is -0.198. The molecule has 1 aromatic heterocycles. The smallest absolute Gasteiger partial charge is 0.273 e. The Kier molecular flexibility index (Phi) is 4.63. The van der Waals surface area contributed by atoms with Crippen molar-refractivity contribution >= 4 is 5.91 Å². The summed E-state index contributed by atoms with van der Waals surface area (Å²) in [6.45, 7) is 1.36. The molecule has 0 saturated carbocycles. The average Bonchev–Trinajstić information content (AvgIpc) is 2.70. The predicted molar refractivity (Wildman–Crippen MR) is 49.8 cm³/mol. The van der Waals surface area contributed by atoms with Gasteiger partial charge in [0.05, 0.1) is 6.20 Å². The number of aromatic amines is 1. The lowest BCUT2D eigenvalue weighted by molar-refractivity contribution is 0.0946. The van der Waals surface area contributed by atoms with E-state index in [0.29, 0.717) is 12.2 Å². The third-order valence-corrected chi connectivity index (χ3v) is 1.71. The van der Waals surface area contributed by atoms with E-state index in [1.807, 2.05) is 0 Å². The molecule has 6 nitrogen and oxygen atoms in total. The van der Waals surface area contributed by atoms with Crippen molar-refractivity contribution in [2.45, 2.75) is 12.8 Å². The molecule has 14 heavy (non-hydrogen) atoms. The summed E-state index contributed by atoms with van der Waals surface area (Å²) in [6, 6.07) is 0. The van der Waals surface area contributed by atoms with E-state index in [-0.39, 0.29) is 5.91 Å². The van der Waals surface area contributed by atoms with Crippen molar-refractivity contribution in [1.29, 1.82) is 0 Å². The Labute approximate surface area is 82.0 Å². The molecule has 78 valence electrons. The molecule has 0 saturated heterocycles. The monoisotopic (exact) mass is 198 g/mol. The summed E-state index contributed by atoms with van der Waals surface area (Å²) in [6.07, 6.45) is 3.23. The number of nitrogens with zero attached hydrogens (tertiary/aromatic N) is 2. The summed E-state index contributed by atoms with van der Waals surface area (Å²) in [5.41, 5.74) is 0.316. The fourth-order valence-corrected chi connectivity index (χ4v) is 0.975. The van der Waals surface area contributed by atoms with Crippen LogP contribution in [0.15, 0.2) is 6.20 Å². The van der Waals surface area contributed by atoms with Gasteiger partial charge in [-0.05, 0) is 12.8 Å². The van der Waals surface area contributed by atoms with Gasteiger partial charge in [-0.15, -0.1) is 0 Å². The second-order valence-corrected chi connectivity index (χ2v) is 2.81. The minimum Gasteiger partial charge on any atom is -0.385 e. The van der Waals surface area contributed by atoms with Crippen LogP contribution in [-0.4, -0.2) is 41.6 Å². The highest BCUT2D eigenvalue weighted by atomic mass is 16.5. The topological polar surface area (TPSA) is 79.9 Å². The van der Waals surface area contributed by atoms with Crippen LogP contribution < -0.4 is 5.32 Å². The number of carbonyl (C=O) groups excluding carboxylic acids is 1. The van der Waals surface area contributed by atoms with Crippen molar-refractivity contribution in [2.24, 2.45) is 0 Å². The third kappa shape index (κ3) is 3.53. The van der Waals surface area contributed by atoms with E-state index in [0.717, 1.165) is 19.4 Å². The third-order valence-electron chi connectivity index (χ3n) is 1.71. The van der Waals surface area contributed by atoms with Gasteiger partial charge in [0.1, 0.15) is 0 Å². The minimum atomic E-state index is -0.198. The number of hydrogen-bond acceptors (Lipinski definition) is 4. The van der Waals surface area contributed by atoms with Gasteiger partial charge in [-0.2, -0.15) is 15.4 Å². The summed E-state index contributed by atoms with van der Waals surface area (Å²) >= 11 is 0. The number of hydrogen-bond donors (Lipinski definition) is 2. The maximum Gasteiger partial charge on any atom is 0.273 e. The Bertz CT molecular complexity index is 260. The van der Waals surface area contributed by atoms with Crippen LogP contribution >= 0.6 is 0 Å². The first kappa shape index (κ1) is 10.6. The first-order valence-corrected chi connectivity index (χ1v) is 4.47. The number of rotatable bonds is 6. The lowest BCUT2D eigenvalue weighted by Crippen LogP contribution is -2.24. The van der Waals surface area contributed by atoms with Gasteiger partial charge in [-0.3, -0.25) is 4.79 Å². The normalized spacial score (nSPS) is 10.1. The van der Waals surface area contributed by atoms with Gasteiger partial charge in [0.2, 0.25) is 0 Å². The van der Waals surface area contributed by atoms with E-state index in [2.05, 4.69) is 20.7 Å². The maximum atomic E-state index is 11.3. The van der Waals surface area contributed by atoms with Gasteiger partial charge < -0.3 is 10.1 Å². The summed E-state index contributed by atoms with van der Waals surface area (Å²) in [5, 5.41) is 12.3. The number of nitrogens with one attached hydrogen (secondary N) is 2. The molecular weight excluding hydrogens is 184 g/mol. The molecule has 1 amide bonds. The highest BCUT2D eigenvalue weighted by Crippen LogP contribution is 1.90. The second-order valence-electron chi connectivity index (χ2n) is 2.81. The average molecular weight is 198 g/mol. The zero-order chi connectivity index (χ0) is 10.2. The van der Waals surface area contributed by atoms with E-state index in [9.17, 15) is 4.79 Å². The van der Waals surface area contributed by atoms with Crippen LogP contribution in [0.1, 0.15) is 23.3 Å². The Hall–Kier alpha value is -1.43. The van der Waals surface area contributed by atoms with Crippen LogP contribution in [0.3, 0.4) is 0 Å². The molecule has 0 aliphatic heterocycles. The van der Waals surface area contributed by atoms with Crippen molar-refractivity contribution < 1.29 is 9.53 Å². The fraction of sp³-hybridized carbons (Fsp3) is 0.625. The molecule has 0 bridgehead atoms. The Morgan fingerprint density at radius 2 is 2.50 bits per heavy atom. The van der Waals surface area contributed by atoms with E-state index < -0.39 is 0 Å². The Morgan fingerprint density at radius 3 is 3.14 bits per heavy atom. The van der Waals surface area contributed by atoms with Crippen LogP contribution in [0.4, 0.5) is 0 Å². The van der Waals surface area contributed by atoms with Crippen molar-refractivity contribution in [3.8, 4) is 0 Å². The lowest BCUT2D eigenvalue weighted by atomic mass is 10.3. The number of unbranched alkanes of at least 4 members (excludes halogenated alkanes) is 1. The van der Waals surface area contributed by atoms with Crippen molar-refractivity contribution in [3.05, 3.63) is 11.9 Å². The highest BCUT2D eigenvalue weighted by molar-refractivity contribution is 5.91. The maximum absolute atomic E-state index is 11.3. The Balaban J connectivity index is 2.10. The number of amides is 1. The zero-order valence-corrected chi connectivity index (χ0v) is 8.12. The fourth-order valence-electron chi connectivity index (χ4n) is 0.975. The molecular formula is C8H14N4O2. The van der Waals surface area contributed by atoms with E-state index >= 15 is 0 Å². The summed E-state index contributed by atoms with van der Waals surface area (Å²) in [4.78, 5) is 11.3. The van der Waals surface area contributed by atoms with Crippen LogP contribution in [0.5, 0.6) is 0 Å². The molecule has 0 fully saturated rings. The van der Waals surface area contributed by atoms with E-state index in [1.165, 1.54) is 6.20 Å². The summed E-state index contributed by atoms with van der Waals surface area (Å²) in [7, 11) is 1.66. The molecule has 0 aliphatic carbocycles. The first-order chi connectivity index (χ1) is 6.84. The second kappa shape index (κ2) is 6.09. The molecule has 0 spiro atoms. The molecule has 1 heterocycles. The van der Waals surface area contributed by atoms with Crippen molar-refractivity contribution in [2.75, 3.05) is 20.3 Å². The number of ether oxygens (including phenoxy) is 1. The number of carbonyl (C=O) groups is 1. The summed E-state index contributed by atoms with van der Waals surface area (Å²) < 4.78 is 4.88. The molecule has 2 N–H and O–H groups in total. The highest BCUT2D eigenvalue weighted by Gasteiger charge is 2.06. The molecule has 6 heteroatoms. The molecule has 0 radical (unpaired) electrons. The van der Waals surface area contributed by atoms with Crippen LogP contribution in [-0.2, 0) is 4.74 Å². The quantitative estimate of drug-likeness (QED) is 0.628. The van der Waals surface area contributed by atoms with Crippen molar-refractivity contribution in [1.82, 2.24) is 20.7 Å². The Morgan fingerprint density at radius 1 is 1.64 bits per heavy atom. The van der Waals surface area contributed by atoms with Gasteiger partial charge in [0.15, 0.2) is 5.69 Å². The van der Waals surface area contributed by atoms with Crippen molar-refractivity contribution in [3.63, 3.8) is 0 Å². The largest absolute Gasteiger partial charge is 0.385 e. The van der Waals surface area contributed by atoms with Crippen LogP contribution in [0, 0.1) is 0 Å². The predicted octanol–water partition coefficient (Wildman–Crippen LogP) is -0.0389. The molecule has 0 aliphatic rings. The standard InChI is InChI=1S/C8H14N4O2/c1-14-5-3-2-4-9-8(13)7-6-10-12-11-7/h6H,2-5H2,1H3,(H,9,13)(H,10,11,12). The van der Waals surface area contributed by atoms with Crippen LogP contribution in [0.25, 0.3) is 0 Å². The van der Waals surface area contributed by atoms with Crippen LogP contribution in [0.2, 0.25) is 0 Å². The number of aromatic nitrogens is 3. The van der Waals surface area contributed by atoms with Gasteiger partial charge in [-0.25, -0.2) is 0 Å². The lowest BCUT2D eigenvalue weighted by Gasteiger charge is -2.01. The van der Waals surface area contributed by atoms with E-state index in [1.54, 1.807) is 7.11 Å². The zero-order valence-electron chi connectivity index (χ0n) is 8.12. The first-order valence-electron chi connectivity index (χ1n) is 4.47. The van der Waals surface area contributed by atoms with E-state index in [4.69, 9.17) is 4.74 Å². The molecule has 0 aromatic carbocycles. The minimum absolute atomic E-state index is 0.198. The number of methoxy groups -OCH3 is 1. The SMILES string of the molecule is COCCCCNC(=O)c1cn[nH]n1. The molecule has 0 atom stereocenters. The molecule has 1 aromatic rings. The van der Waals surface area contributed by atoms with Gasteiger partial charge >= 0.3 is 0 Å². The van der Waals surface area contributed by atoms with Gasteiger partial charge in [0, 0.05) is 20.3 Å². The number of H-pyrrole nitrogens is 1. The molecule has 0 unspecified atom stereocenters. The van der Waals surface area contributed by atoms with Gasteiger partial charge in [0.25, 0.3) is 5.91 Å². The molecule has 1 rings (SSSR count).